The van der Waals surface area contributed by atoms with Crippen LogP contribution in [0.15, 0.2) is 48.5 Å². The summed E-state index contributed by atoms with van der Waals surface area (Å²) in [5.41, 5.74) is 6.53. The second-order valence-corrected chi connectivity index (χ2v) is 4.47. The summed E-state index contributed by atoms with van der Waals surface area (Å²) in [7, 11) is 0. The first-order valence-electron chi connectivity index (χ1n) is 5.97. The molecule has 0 spiro atoms. The van der Waals surface area contributed by atoms with Crippen molar-refractivity contribution in [2.45, 2.75) is 0 Å². The van der Waals surface area contributed by atoms with Crippen molar-refractivity contribution in [1.82, 2.24) is 5.43 Å². The van der Waals surface area contributed by atoms with Crippen molar-refractivity contribution in [2.75, 3.05) is 10.7 Å². The Morgan fingerprint density at radius 1 is 1.10 bits per heavy atom. The summed E-state index contributed by atoms with van der Waals surface area (Å²) in [6.45, 7) is 0. The molecule has 0 amide bonds. The van der Waals surface area contributed by atoms with Crippen LogP contribution in [0.3, 0.4) is 0 Å². The van der Waals surface area contributed by atoms with Crippen LogP contribution in [0.1, 0.15) is 10.4 Å². The van der Waals surface area contributed by atoms with E-state index in [4.69, 9.17) is 17.3 Å². The van der Waals surface area contributed by atoms with Crippen LogP contribution in [0.25, 0.3) is 0 Å². The predicted molar refractivity (Wildman–Crippen MR) is 82.8 cm³/mol. The third-order valence-corrected chi connectivity index (χ3v) is 2.78. The number of thiocarbonyl (C=S) groups is 1. The van der Waals surface area contributed by atoms with Gasteiger partial charge >= 0.3 is 5.97 Å². The van der Waals surface area contributed by atoms with Crippen LogP contribution >= 0.6 is 12.2 Å². The number of hydrazine groups is 1. The summed E-state index contributed by atoms with van der Waals surface area (Å²) in [4.78, 5) is 10.7. The Bertz CT molecular complexity index is 662. The number of hydrogen-bond donors (Lipinski definition) is 4. The van der Waals surface area contributed by atoms with Crippen molar-refractivity contribution >= 4 is 34.7 Å². The molecule has 0 saturated heterocycles. The highest BCUT2D eigenvalue weighted by atomic mass is 32.1. The largest absolute Gasteiger partial charge is 0.478 e. The first-order valence-corrected chi connectivity index (χ1v) is 6.38. The van der Waals surface area contributed by atoms with Gasteiger partial charge in [0.15, 0.2) is 5.11 Å². The molecule has 7 heteroatoms. The Morgan fingerprint density at radius 2 is 1.76 bits per heavy atom. The van der Waals surface area contributed by atoms with E-state index in [-0.39, 0.29) is 16.4 Å². The van der Waals surface area contributed by atoms with Crippen molar-refractivity contribution in [3.8, 4) is 0 Å². The minimum absolute atomic E-state index is 0.183. The van der Waals surface area contributed by atoms with Crippen molar-refractivity contribution in [2.24, 2.45) is 0 Å². The van der Waals surface area contributed by atoms with Gasteiger partial charge in [0, 0.05) is 0 Å². The fourth-order valence-electron chi connectivity index (χ4n) is 1.54. The summed E-state index contributed by atoms with van der Waals surface area (Å²) in [5.74, 6) is -1.40. The second-order valence-electron chi connectivity index (χ2n) is 4.07. The number of carboxylic acid groups (broad SMARTS) is 1. The van der Waals surface area contributed by atoms with E-state index in [0.29, 0.717) is 5.69 Å². The number of rotatable bonds is 4. The smallest absolute Gasteiger partial charge is 0.335 e. The van der Waals surface area contributed by atoms with Gasteiger partial charge in [-0.15, -0.1) is 0 Å². The van der Waals surface area contributed by atoms with Crippen LogP contribution in [0.5, 0.6) is 0 Å². The molecule has 0 aliphatic rings. The Morgan fingerprint density at radius 3 is 2.38 bits per heavy atom. The average molecular weight is 305 g/mol. The van der Waals surface area contributed by atoms with E-state index in [1.807, 2.05) is 0 Å². The normalized spacial score (nSPS) is 9.76. The monoisotopic (exact) mass is 305 g/mol. The summed E-state index contributed by atoms with van der Waals surface area (Å²) < 4.78 is 13.4. The van der Waals surface area contributed by atoms with Crippen LogP contribution in [-0.4, -0.2) is 16.2 Å². The molecule has 0 unspecified atom stereocenters. The highest BCUT2D eigenvalue weighted by Gasteiger charge is 2.03. The zero-order valence-corrected chi connectivity index (χ0v) is 11.6. The molecule has 0 heterocycles. The maximum atomic E-state index is 13.4. The summed E-state index contributed by atoms with van der Waals surface area (Å²) in [6.07, 6.45) is 0. The Hall–Kier alpha value is -2.67. The van der Waals surface area contributed by atoms with Gasteiger partial charge in [0.2, 0.25) is 0 Å². The molecule has 2 aromatic rings. The maximum absolute atomic E-state index is 13.4. The lowest BCUT2D eigenvalue weighted by molar-refractivity contribution is 0.0697. The van der Waals surface area contributed by atoms with Gasteiger partial charge < -0.3 is 10.4 Å². The molecule has 0 radical (unpaired) electrons. The standard InChI is InChI=1S/C14H12FN3O2S/c15-11-3-1-2-4-12(11)16-14(21)18-17-10-7-5-9(6-8-10)13(19)20/h1-8,17H,(H,19,20)(H2,16,18,21). The van der Waals surface area contributed by atoms with Crippen molar-refractivity contribution in [3.63, 3.8) is 0 Å². The number of anilines is 2. The van der Waals surface area contributed by atoms with E-state index in [1.165, 1.54) is 18.2 Å². The SMILES string of the molecule is O=C(O)c1ccc(NNC(=S)Nc2ccccc2F)cc1. The fraction of sp³-hybridized carbons (Fsp3) is 0. The lowest BCUT2D eigenvalue weighted by atomic mass is 10.2. The molecule has 0 fully saturated rings. The van der Waals surface area contributed by atoms with Gasteiger partial charge in [0.1, 0.15) is 5.82 Å². The average Bonchev–Trinajstić information content (AvgIpc) is 2.48. The lowest BCUT2D eigenvalue weighted by Gasteiger charge is -2.13. The Labute approximate surface area is 125 Å². The minimum Gasteiger partial charge on any atom is -0.478 e. The number of carbonyl (C=O) groups is 1. The van der Waals surface area contributed by atoms with E-state index in [0.717, 1.165) is 0 Å². The molecule has 0 aliphatic carbocycles. The van der Waals surface area contributed by atoms with Gasteiger partial charge in [-0.05, 0) is 48.6 Å². The maximum Gasteiger partial charge on any atom is 0.335 e. The number of benzene rings is 2. The van der Waals surface area contributed by atoms with E-state index in [9.17, 15) is 9.18 Å². The van der Waals surface area contributed by atoms with Gasteiger partial charge in [-0.25, -0.2) is 9.18 Å². The molecule has 0 saturated carbocycles. The number of para-hydroxylation sites is 1. The number of aromatic carboxylic acids is 1. The molecule has 0 aliphatic heterocycles. The van der Waals surface area contributed by atoms with Gasteiger partial charge in [-0.1, -0.05) is 12.1 Å². The number of halogens is 1. The molecule has 0 atom stereocenters. The minimum atomic E-state index is -0.994. The fourth-order valence-corrected chi connectivity index (χ4v) is 1.70. The molecule has 2 rings (SSSR count). The molecular weight excluding hydrogens is 293 g/mol. The van der Waals surface area contributed by atoms with Crippen molar-refractivity contribution < 1.29 is 14.3 Å². The van der Waals surface area contributed by atoms with E-state index < -0.39 is 11.8 Å². The van der Waals surface area contributed by atoms with Gasteiger partial charge in [0.25, 0.3) is 0 Å². The van der Waals surface area contributed by atoms with Gasteiger partial charge in [-0.3, -0.25) is 10.9 Å². The van der Waals surface area contributed by atoms with E-state index in [1.54, 1.807) is 30.3 Å². The predicted octanol–water partition coefficient (Wildman–Crippen LogP) is 2.84. The van der Waals surface area contributed by atoms with Crippen LogP contribution < -0.4 is 16.2 Å². The molecule has 0 aromatic heterocycles. The summed E-state index contributed by atoms with van der Waals surface area (Å²) >= 11 is 5.02. The topological polar surface area (TPSA) is 73.4 Å². The molecule has 2 aromatic carbocycles. The molecule has 4 N–H and O–H groups in total. The third-order valence-electron chi connectivity index (χ3n) is 2.57. The van der Waals surface area contributed by atoms with E-state index in [2.05, 4.69) is 16.2 Å². The molecular formula is C14H12FN3O2S. The molecule has 21 heavy (non-hydrogen) atoms. The quantitative estimate of drug-likeness (QED) is 0.514. The van der Waals surface area contributed by atoms with Crippen LogP contribution in [0.4, 0.5) is 15.8 Å². The van der Waals surface area contributed by atoms with Crippen LogP contribution in [0, 0.1) is 5.82 Å². The first-order chi connectivity index (χ1) is 10.1. The zero-order chi connectivity index (χ0) is 15.2. The number of carboxylic acids is 1. The lowest BCUT2D eigenvalue weighted by Crippen LogP contribution is -2.33. The number of hydrogen-bond acceptors (Lipinski definition) is 3. The molecule has 108 valence electrons. The second kappa shape index (κ2) is 6.67. The summed E-state index contributed by atoms with van der Waals surface area (Å²) in [5, 5.41) is 11.7. The van der Waals surface area contributed by atoms with Crippen LogP contribution in [0.2, 0.25) is 0 Å². The highest BCUT2D eigenvalue weighted by molar-refractivity contribution is 7.80. The summed E-state index contributed by atoms with van der Waals surface area (Å²) in [6, 6.07) is 12.2. The van der Waals surface area contributed by atoms with Crippen LogP contribution in [-0.2, 0) is 0 Å². The van der Waals surface area contributed by atoms with Gasteiger partial charge in [0.05, 0.1) is 16.9 Å². The molecule has 0 bridgehead atoms. The Kier molecular flexibility index (Phi) is 4.68. The highest BCUT2D eigenvalue weighted by Crippen LogP contribution is 2.12. The van der Waals surface area contributed by atoms with Crippen molar-refractivity contribution in [3.05, 3.63) is 59.9 Å². The van der Waals surface area contributed by atoms with E-state index >= 15 is 0 Å². The number of nitrogens with one attached hydrogen (secondary N) is 3. The Balaban J connectivity index is 1.89. The van der Waals surface area contributed by atoms with Crippen molar-refractivity contribution in [1.29, 1.82) is 0 Å². The molecule has 5 nitrogen and oxygen atoms in total. The first kappa shape index (κ1) is 14.7. The third kappa shape index (κ3) is 4.15. The zero-order valence-electron chi connectivity index (χ0n) is 10.8. The van der Waals surface area contributed by atoms with Gasteiger partial charge in [-0.2, -0.15) is 0 Å².